The molecular formula is C11H21NO4. The van der Waals surface area contributed by atoms with Crippen LogP contribution in [-0.4, -0.2) is 51.1 Å². The summed E-state index contributed by atoms with van der Waals surface area (Å²) in [5.74, 6) is -0.710. The van der Waals surface area contributed by atoms with Crippen molar-refractivity contribution in [3.8, 4) is 0 Å². The first kappa shape index (κ1) is 13.4. The predicted molar refractivity (Wildman–Crippen MR) is 59.5 cm³/mol. The fourth-order valence-electron chi connectivity index (χ4n) is 1.92. The summed E-state index contributed by atoms with van der Waals surface area (Å²) < 4.78 is 10.3. The molecule has 1 aliphatic rings. The van der Waals surface area contributed by atoms with E-state index in [2.05, 4.69) is 5.32 Å². The molecule has 0 radical (unpaired) electrons. The topological polar surface area (TPSA) is 67.8 Å². The summed E-state index contributed by atoms with van der Waals surface area (Å²) in [6.07, 6.45) is 2.14. The standard InChI is InChI=1S/C11H21NO4/c1-15-6-2-7-16-8-4-11(10(13)14)3-5-12-9-11/h12H,2-9H2,1H3,(H,13,14). The van der Waals surface area contributed by atoms with Crippen LogP contribution in [0.15, 0.2) is 0 Å². The Kier molecular flexibility index (Phi) is 5.73. The molecule has 1 saturated heterocycles. The second-order valence-corrected chi connectivity index (χ2v) is 4.22. The summed E-state index contributed by atoms with van der Waals surface area (Å²) in [5, 5.41) is 12.3. The van der Waals surface area contributed by atoms with Crippen molar-refractivity contribution < 1.29 is 19.4 Å². The van der Waals surface area contributed by atoms with Crippen LogP contribution in [0.2, 0.25) is 0 Å². The molecule has 1 rings (SSSR count). The number of rotatable bonds is 8. The molecule has 0 aromatic heterocycles. The number of carbonyl (C=O) groups is 1. The lowest BCUT2D eigenvalue weighted by Gasteiger charge is -2.22. The zero-order chi connectivity index (χ0) is 11.9. The quantitative estimate of drug-likeness (QED) is 0.595. The molecule has 16 heavy (non-hydrogen) atoms. The number of methoxy groups -OCH3 is 1. The zero-order valence-electron chi connectivity index (χ0n) is 9.83. The van der Waals surface area contributed by atoms with Crippen LogP contribution in [0, 0.1) is 5.41 Å². The molecule has 5 nitrogen and oxygen atoms in total. The third-order valence-corrected chi connectivity index (χ3v) is 3.06. The van der Waals surface area contributed by atoms with Crippen LogP contribution in [0.3, 0.4) is 0 Å². The number of hydrogen-bond donors (Lipinski definition) is 2. The van der Waals surface area contributed by atoms with E-state index in [1.165, 1.54) is 0 Å². The van der Waals surface area contributed by atoms with Gasteiger partial charge in [-0.2, -0.15) is 0 Å². The van der Waals surface area contributed by atoms with Gasteiger partial charge in [-0.15, -0.1) is 0 Å². The molecule has 0 aromatic carbocycles. The van der Waals surface area contributed by atoms with Crippen LogP contribution in [0.25, 0.3) is 0 Å². The van der Waals surface area contributed by atoms with Gasteiger partial charge in [-0.1, -0.05) is 0 Å². The Morgan fingerprint density at radius 1 is 1.44 bits per heavy atom. The molecule has 1 atom stereocenters. The number of hydrogen-bond acceptors (Lipinski definition) is 4. The average molecular weight is 231 g/mol. The predicted octanol–water partition coefficient (Wildman–Crippen LogP) is 0.494. The minimum atomic E-state index is -0.710. The molecule has 0 aliphatic carbocycles. The number of carboxylic acid groups (broad SMARTS) is 1. The number of nitrogens with one attached hydrogen (secondary N) is 1. The SMILES string of the molecule is COCCCOCCC1(C(=O)O)CCNC1. The van der Waals surface area contributed by atoms with Crippen molar-refractivity contribution >= 4 is 5.97 Å². The minimum Gasteiger partial charge on any atom is -0.481 e. The summed E-state index contributed by atoms with van der Waals surface area (Å²) in [6.45, 7) is 3.18. The lowest BCUT2D eigenvalue weighted by Crippen LogP contribution is -2.34. The van der Waals surface area contributed by atoms with E-state index in [1.54, 1.807) is 7.11 Å². The Morgan fingerprint density at radius 2 is 2.25 bits per heavy atom. The van der Waals surface area contributed by atoms with E-state index < -0.39 is 11.4 Å². The van der Waals surface area contributed by atoms with Crippen molar-refractivity contribution in [2.75, 3.05) is 40.0 Å². The van der Waals surface area contributed by atoms with E-state index in [-0.39, 0.29) is 0 Å². The summed E-state index contributed by atoms with van der Waals surface area (Å²) in [6, 6.07) is 0. The van der Waals surface area contributed by atoms with Gasteiger partial charge < -0.3 is 19.9 Å². The Hall–Kier alpha value is -0.650. The molecule has 0 spiro atoms. The molecule has 1 unspecified atom stereocenters. The van der Waals surface area contributed by atoms with E-state index in [9.17, 15) is 9.90 Å². The van der Waals surface area contributed by atoms with Crippen molar-refractivity contribution in [1.82, 2.24) is 5.32 Å². The van der Waals surface area contributed by atoms with Gasteiger partial charge in [0.25, 0.3) is 0 Å². The monoisotopic (exact) mass is 231 g/mol. The molecule has 1 fully saturated rings. The van der Waals surface area contributed by atoms with E-state index in [1.807, 2.05) is 0 Å². The molecule has 5 heteroatoms. The lowest BCUT2D eigenvalue weighted by atomic mass is 9.84. The summed E-state index contributed by atoms with van der Waals surface area (Å²) in [7, 11) is 1.66. The van der Waals surface area contributed by atoms with Gasteiger partial charge >= 0.3 is 5.97 Å². The first-order chi connectivity index (χ1) is 7.71. The normalized spacial score (nSPS) is 24.8. The van der Waals surface area contributed by atoms with Crippen LogP contribution in [0.4, 0.5) is 0 Å². The van der Waals surface area contributed by atoms with Gasteiger partial charge in [0, 0.05) is 33.5 Å². The van der Waals surface area contributed by atoms with Crippen molar-refractivity contribution in [3.63, 3.8) is 0 Å². The van der Waals surface area contributed by atoms with Gasteiger partial charge in [0.15, 0.2) is 0 Å². The van der Waals surface area contributed by atoms with Crippen LogP contribution >= 0.6 is 0 Å². The van der Waals surface area contributed by atoms with Crippen molar-refractivity contribution in [1.29, 1.82) is 0 Å². The summed E-state index contributed by atoms with van der Waals surface area (Å²) in [4.78, 5) is 11.2. The average Bonchev–Trinajstić information content (AvgIpc) is 2.73. The van der Waals surface area contributed by atoms with Gasteiger partial charge in [0.2, 0.25) is 0 Å². The van der Waals surface area contributed by atoms with Gasteiger partial charge in [-0.25, -0.2) is 0 Å². The van der Waals surface area contributed by atoms with Crippen molar-refractivity contribution in [3.05, 3.63) is 0 Å². The maximum atomic E-state index is 11.2. The van der Waals surface area contributed by atoms with Gasteiger partial charge in [-0.3, -0.25) is 4.79 Å². The maximum absolute atomic E-state index is 11.2. The Morgan fingerprint density at radius 3 is 2.81 bits per heavy atom. The minimum absolute atomic E-state index is 0.512. The fraction of sp³-hybridized carbons (Fsp3) is 0.909. The summed E-state index contributed by atoms with van der Waals surface area (Å²) in [5.41, 5.74) is -0.610. The lowest BCUT2D eigenvalue weighted by molar-refractivity contribution is -0.149. The summed E-state index contributed by atoms with van der Waals surface area (Å²) >= 11 is 0. The van der Waals surface area contributed by atoms with Crippen LogP contribution in [0.1, 0.15) is 19.3 Å². The molecule has 94 valence electrons. The van der Waals surface area contributed by atoms with E-state index >= 15 is 0 Å². The molecule has 0 saturated carbocycles. The van der Waals surface area contributed by atoms with E-state index in [0.29, 0.717) is 39.2 Å². The van der Waals surface area contributed by atoms with Gasteiger partial charge in [0.1, 0.15) is 0 Å². The van der Waals surface area contributed by atoms with Gasteiger partial charge in [-0.05, 0) is 25.8 Å². The van der Waals surface area contributed by atoms with Crippen LogP contribution in [-0.2, 0) is 14.3 Å². The van der Waals surface area contributed by atoms with Crippen molar-refractivity contribution in [2.24, 2.45) is 5.41 Å². The second kappa shape index (κ2) is 6.83. The zero-order valence-corrected chi connectivity index (χ0v) is 9.83. The number of aliphatic carboxylic acids is 1. The van der Waals surface area contributed by atoms with E-state index in [0.717, 1.165) is 13.0 Å². The molecule has 1 aliphatic heterocycles. The maximum Gasteiger partial charge on any atom is 0.311 e. The number of carboxylic acids is 1. The highest BCUT2D eigenvalue weighted by Gasteiger charge is 2.40. The number of ether oxygens (including phenoxy) is 2. The third-order valence-electron chi connectivity index (χ3n) is 3.06. The highest BCUT2D eigenvalue weighted by atomic mass is 16.5. The highest BCUT2D eigenvalue weighted by molar-refractivity contribution is 5.75. The van der Waals surface area contributed by atoms with Crippen molar-refractivity contribution in [2.45, 2.75) is 19.3 Å². The second-order valence-electron chi connectivity index (χ2n) is 4.22. The van der Waals surface area contributed by atoms with Gasteiger partial charge in [0.05, 0.1) is 5.41 Å². The first-order valence-electron chi connectivity index (χ1n) is 5.72. The first-order valence-corrected chi connectivity index (χ1v) is 5.72. The van der Waals surface area contributed by atoms with Crippen LogP contribution in [0.5, 0.6) is 0 Å². The van der Waals surface area contributed by atoms with Crippen LogP contribution < -0.4 is 5.32 Å². The molecule has 1 heterocycles. The van der Waals surface area contributed by atoms with E-state index in [4.69, 9.17) is 9.47 Å². The Balaban J connectivity index is 2.16. The Bertz CT molecular complexity index is 214. The Labute approximate surface area is 96.1 Å². The molecule has 0 amide bonds. The fourth-order valence-corrected chi connectivity index (χ4v) is 1.92. The highest BCUT2D eigenvalue weighted by Crippen LogP contribution is 2.29. The smallest absolute Gasteiger partial charge is 0.311 e. The molecular weight excluding hydrogens is 210 g/mol. The molecule has 0 aromatic rings. The molecule has 2 N–H and O–H groups in total. The molecule has 0 bridgehead atoms. The largest absolute Gasteiger partial charge is 0.481 e. The third kappa shape index (κ3) is 3.73.